The van der Waals surface area contributed by atoms with Gasteiger partial charge in [0, 0.05) is 23.8 Å². The van der Waals surface area contributed by atoms with Gasteiger partial charge in [-0.05, 0) is 43.7 Å². The van der Waals surface area contributed by atoms with Gasteiger partial charge in [0.15, 0.2) is 0 Å². The van der Waals surface area contributed by atoms with E-state index in [2.05, 4.69) is 21.2 Å². The van der Waals surface area contributed by atoms with Crippen LogP contribution in [0.3, 0.4) is 0 Å². The lowest BCUT2D eigenvalue weighted by Crippen LogP contribution is -2.41. The van der Waals surface area contributed by atoms with Crippen molar-refractivity contribution < 1.29 is 4.79 Å². The topological polar surface area (TPSA) is 32.3 Å². The van der Waals surface area contributed by atoms with Gasteiger partial charge in [-0.1, -0.05) is 15.9 Å². The highest BCUT2D eigenvalue weighted by Gasteiger charge is 2.24. The van der Waals surface area contributed by atoms with E-state index in [4.69, 9.17) is 0 Å². The first-order valence-corrected chi connectivity index (χ1v) is 6.71. The summed E-state index contributed by atoms with van der Waals surface area (Å²) < 4.78 is 1.03. The Hall–Kier alpha value is -0.870. The number of anilines is 1. The van der Waals surface area contributed by atoms with Crippen molar-refractivity contribution in [1.82, 2.24) is 5.32 Å². The Bertz CT molecular complexity index is 385. The summed E-state index contributed by atoms with van der Waals surface area (Å²) >= 11 is 3.39. The Morgan fingerprint density at radius 2 is 2.12 bits per heavy atom. The van der Waals surface area contributed by atoms with Crippen LogP contribution in [-0.2, 0) is 4.79 Å². The zero-order valence-electron chi connectivity index (χ0n) is 9.95. The van der Waals surface area contributed by atoms with Crippen LogP contribution in [0.2, 0.25) is 0 Å². The van der Waals surface area contributed by atoms with Gasteiger partial charge in [-0.2, -0.15) is 0 Å². The molecular weight excluding hydrogens is 280 g/mol. The van der Waals surface area contributed by atoms with Gasteiger partial charge in [-0.3, -0.25) is 4.79 Å². The maximum atomic E-state index is 12.3. The van der Waals surface area contributed by atoms with Crippen LogP contribution in [-0.4, -0.2) is 26.0 Å². The summed E-state index contributed by atoms with van der Waals surface area (Å²) in [6.07, 6.45) is 2.08. The molecule has 3 nitrogen and oxygen atoms in total. The predicted molar refractivity (Wildman–Crippen MR) is 73.1 cm³/mol. The molecule has 1 unspecified atom stereocenters. The van der Waals surface area contributed by atoms with Crippen molar-refractivity contribution in [2.45, 2.75) is 12.8 Å². The van der Waals surface area contributed by atoms with Crippen LogP contribution in [0.4, 0.5) is 5.69 Å². The molecule has 0 spiro atoms. The fourth-order valence-electron chi connectivity index (χ4n) is 2.13. The lowest BCUT2D eigenvalue weighted by atomic mass is 9.98. The summed E-state index contributed by atoms with van der Waals surface area (Å²) in [6.45, 7) is 1.84. The van der Waals surface area contributed by atoms with Gasteiger partial charge in [-0.25, -0.2) is 0 Å². The fourth-order valence-corrected chi connectivity index (χ4v) is 2.39. The standard InChI is InChI=1S/C13H17BrN2O/c1-16(12-6-4-11(14)5-7-12)13(17)10-3-2-8-15-9-10/h4-7,10,15H,2-3,8-9H2,1H3. The van der Waals surface area contributed by atoms with E-state index < -0.39 is 0 Å². The smallest absolute Gasteiger partial charge is 0.231 e. The number of halogens is 1. The molecular formula is C13H17BrN2O. The SMILES string of the molecule is CN(C(=O)C1CCCNC1)c1ccc(Br)cc1. The number of nitrogens with one attached hydrogen (secondary N) is 1. The molecule has 0 saturated carbocycles. The van der Waals surface area contributed by atoms with Crippen molar-refractivity contribution in [3.05, 3.63) is 28.7 Å². The van der Waals surface area contributed by atoms with E-state index in [1.807, 2.05) is 31.3 Å². The van der Waals surface area contributed by atoms with Crippen LogP contribution in [0.25, 0.3) is 0 Å². The van der Waals surface area contributed by atoms with Gasteiger partial charge in [0.25, 0.3) is 0 Å². The quantitative estimate of drug-likeness (QED) is 0.909. The number of hydrogen-bond acceptors (Lipinski definition) is 2. The van der Waals surface area contributed by atoms with Gasteiger partial charge in [-0.15, -0.1) is 0 Å². The zero-order chi connectivity index (χ0) is 12.3. The maximum Gasteiger partial charge on any atom is 0.231 e. The van der Waals surface area contributed by atoms with Crippen molar-refractivity contribution >= 4 is 27.5 Å². The molecule has 1 aromatic carbocycles. The average molecular weight is 297 g/mol. The van der Waals surface area contributed by atoms with Crippen molar-refractivity contribution in [1.29, 1.82) is 0 Å². The molecule has 4 heteroatoms. The number of benzene rings is 1. The summed E-state index contributed by atoms with van der Waals surface area (Å²) in [5.74, 6) is 0.330. The van der Waals surface area contributed by atoms with Crippen molar-refractivity contribution in [3.8, 4) is 0 Å². The summed E-state index contributed by atoms with van der Waals surface area (Å²) in [7, 11) is 1.85. The minimum atomic E-state index is 0.123. The molecule has 1 heterocycles. The van der Waals surface area contributed by atoms with Gasteiger partial charge >= 0.3 is 0 Å². The molecule has 0 bridgehead atoms. The highest BCUT2D eigenvalue weighted by Crippen LogP contribution is 2.20. The number of amides is 1. The summed E-state index contributed by atoms with van der Waals surface area (Å²) in [5, 5.41) is 3.28. The molecule has 1 aliphatic heterocycles. The normalized spacial score (nSPS) is 20.0. The van der Waals surface area contributed by atoms with E-state index in [9.17, 15) is 4.79 Å². The highest BCUT2D eigenvalue weighted by molar-refractivity contribution is 9.10. The molecule has 1 amide bonds. The minimum absolute atomic E-state index is 0.123. The summed E-state index contributed by atoms with van der Waals surface area (Å²) in [6, 6.07) is 7.83. The van der Waals surface area contributed by atoms with E-state index >= 15 is 0 Å². The Morgan fingerprint density at radius 3 is 2.71 bits per heavy atom. The molecule has 1 N–H and O–H groups in total. The second-order valence-corrected chi connectivity index (χ2v) is 5.33. The Morgan fingerprint density at radius 1 is 1.41 bits per heavy atom. The lowest BCUT2D eigenvalue weighted by Gasteiger charge is -2.27. The van der Waals surface area contributed by atoms with Crippen LogP contribution in [0.1, 0.15) is 12.8 Å². The second-order valence-electron chi connectivity index (χ2n) is 4.42. The lowest BCUT2D eigenvalue weighted by molar-refractivity contribution is -0.122. The Kier molecular flexibility index (Phi) is 4.18. The van der Waals surface area contributed by atoms with E-state index in [0.29, 0.717) is 0 Å². The number of hydrogen-bond donors (Lipinski definition) is 1. The minimum Gasteiger partial charge on any atom is -0.316 e. The number of rotatable bonds is 2. The molecule has 1 saturated heterocycles. The first kappa shape index (κ1) is 12.6. The molecule has 0 aliphatic carbocycles. The summed E-state index contributed by atoms with van der Waals surface area (Å²) in [5.41, 5.74) is 0.948. The first-order valence-electron chi connectivity index (χ1n) is 5.92. The molecule has 17 heavy (non-hydrogen) atoms. The predicted octanol–water partition coefficient (Wildman–Crippen LogP) is 2.41. The molecule has 1 aliphatic rings. The number of piperidine rings is 1. The molecule has 1 fully saturated rings. The van der Waals surface area contributed by atoms with Crippen LogP contribution in [0.5, 0.6) is 0 Å². The Balaban J connectivity index is 2.05. The molecule has 0 aromatic heterocycles. The Labute approximate surface area is 110 Å². The first-order chi connectivity index (χ1) is 8.18. The average Bonchev–Trinajstić information content (AvgIpc) is 2.39. The molecule has 92 valence electrons. The van der Waals surface area contributed by atoms with Gasteiger partial charge in [0.1, 0.15) is 0 Å². The molecule has 2 rings (SSSR count). The third kappa shape index (κ3) is 3.07. The van der Waals surface area contributed by atoms with Gasteiger partial charge in [0.05, 0.1) is 5.92 Å². The zero-order valence-corrected chi connectivity index (χ0v) is 11.5. The number of carbonyl (C=O) groups excluding carboxylic acids is 1. The van der Waals surface area contributed by atoms with Gasteiger partial charge in [0.2, 0.25) is 5.91 Å². The van der Waals surface area contributed by atoms with E-state index in [1.54, 1.807) is 4.90 Å². The van der Waals surface area contributed by atoms with Gasteiger partial charge < -0.3 is 10.2 Å². The number of carbonyl (C=O) groups is 1. The monoisotopic (exact) mass is 296 g/mol. The van der Waals surface area contributed by atoms with Crippen LogP contribution < -0.4 is 10.2 Å². The molecule has 1 aromatic rings. The maximum absolute atomic E-state index is 12.3. The third-order valence-corrected chi connectivity index (χ3v) is 3.72. The molecule has 1 atom stereocenters. The fraction of sp³-hybridized carbons (Fsp3) is 0.462. The van der Waals surface area contributed by atoms with Crippen LogP contribution in [0, 0.1) is 5.92 Å². The highest BCUT2D eigenvalue weighted by atomic mass is 79.9. The number of nitrogens with zero attached hydrogens (tertiary/aromatic N) is 1. The van der Waals surface area contributed by atoms with Crippen molar-refractivity contribution in [3.63, 3.8) is 0 Å². The van der Waals surface area contributed by atoms with Crippen molar-refractivity contribution in [2.24, 2.45) is 5.92 Å². The van der Waals surface area contributed by atoms with E-state index in [1.165, 1.54) is 0 Å². The van der Waals surface area contributed by atoms with Crippen LogP contribution >= 0.6 is 15.9 Å². The van der Waals surface area contributed by atoms with E-state index in [0.717, 1.165) is 36.1 Å². The largest absolute Gasteiger partial charge is 0.316 e. The third-order valence-electron chi connectivity index (χ3n) is 3.19. The summed E-state index contributed by atoms with van der Waals surface area (Å²) in [4.78, 5) is 14.0. The van der Waals surface area contributed by atoms with Crippen molar-refractivity contribution in [2.75, 3.05) is 25.0 Å². The van der Waals surface area contributed by atoms with E-state index in [-0.39, 0.29) is 11.8 Å². The molecule has 0 radical (unpaired) electrons. The van der Waals surface area contributed by atoms with Crippen LogP contribution in [0.15, 0.2) is 28.7 Å². The second kappa shape index (κ2) is 5.65.